The van der Waals surface area contributed by atoms with Crippen LogP contribution in [0.15, 0.2) is 28.8 Å². The maximum absolute atomic E-state index is 12.0. The van der Waals surface area contributed by atoms with Crippen LogP contribution in [0.2, 0.25) is 5.02 Å². The Balaban J connectivity index is 1.95. The van der Waals surface area contributed by atoms with Gasteiger partial charge < -0.3 is 9.26 Å². The Morgan fingerprint density at radius 3 is 2.89 bits per heavy atom. The Bertz CT molecular complexity index is 574. The lowest BCUT2D eigenvalue weighted by Gasteiger charge is -2.02. The van der Waals surface area contributed by atoms with Crippen LogP contribution in [0.3, 0.4) is 0 Å². The van der Waals surface area contributed by atoms with Gasteiger partial charge in [-0.25, -0.2) is 0 Å². The van der Waals surface area contributed by atoms with E-state index in [0.29, 0.717) is 22.5 Å². The van der Waals surface area contributed by atoms with Crippen LogP contribution in [-0.2, 0) is 33.6 Å². The summed E-state index contributed by atoms with van der Waals surface area (Å²) in [6.45, 7) is 0.278. The first kappa shape index (κ1) is 14.2. The summed E-state index contributed by atoms with van der Waals surface area (Å²) in [5, 5.41) is 4.32. The molecule has 1 aromatic heterocycles. The summed E-state index contributed by atoms with van der Waals surface area (Å²) in [7, 11) is 0.403. The topological polar surface area (TPSA) is 65.2 Å². The van der Waals surface area contributed by atoms with E-state index >= 15 is 0 Å². The van der Waals surface area contributed by atoms with Crippen LogP contribution in [0, 0.1) is 0 Å². The van der Waals surface area contributed by atoms with E-state index in [0.717, 1.165) is 5.56 Å². The zero-order valence-corrected chi connectivity index (χ0v) is 11.9. The van der Waals surface area contributed by atoms with Crippen molar-refractivity contribution in [2.45, 2.75) is 18.1 Å². The molecule has 0 saturated carbocycles. The van der Waals surface area contributed by atoms with E-state index in [1.807, 2.05) is 18.2 Å². The molecule has 1 heterocycles. The van der Waals surface area contributed by atoms with Gasteiger partial charge in [0.25, 0.3) is 0 Å². The van der Waals surface area contributed by atoms with Crippen molar-refractivity contribution in [2.24, 2.45) is 0 Å². The summed E-state index contributed by atoms with van der Waals surface area (Å²) in [6, 6.07) is 7.33. The van der Waals surface area contributed by atoms with Crippen molar-refractivity contribution in [3.8, 4) is 0 Å². The van der Waals surface area contributed by atoms with E-state index in [9.17, 15) is 4.21 Å². The largest absolute Gasteiger partial charge is 0.377 e. The third kappa shape index (κ3) is 4.12. The van der Waals surface area contributed by atoms with Crippen molar-refractivity contribution in [3.63, 3.8) is 0 Å². The number of benzene rings is 1. The normalized spacial score (nSPS) is 12.5. The summed E-state index contributed by atoms with van der Waals surface area (Å²) in [4.78, 5) is 4.08. The fourth-order valence-corrected chi connectivity index (χ4v) is 2.89. The maximum Gasteiger partial charge on any atom is 0.239 e. The number of nitrogens with zero attached hydrogens (tertiary/aromatic N) is 2. The van der Waals surface area contributed by atoms with Gasteiger partial charge in [0.2, 0.25) is 5.89 Å². The monoisotopic (exact) mass is 300 g/mol. The second-order valence-electron chi connectivity index (χ2n) is 3.86. The molecule has 7 heteroatoms. The molecule has 0 bridgehead atoms. The summed E-state index contributed by atoms with van der Waals surface area (Å²) in [6.07, 6.45) is 0. The first-order valence-corrected chi connectivity index (χ1v) is 7.44. The molecule has 0 spiro atoms. The minimum atomic E-state index is -1.14. The van der Waals surface area contributed by atoms with Crippen LogP contribution in [0.4, 0.5) is 0 Å². The van der Waals surface area contributed by atoms with E-state index in [2.05, 4.69) is 10.1 Å². The van der Waals surface area contributed by atoms with Crippen LogP contribution < -0.4 is 0 Å². The van der Waals surface area contributed by atoms with E-state index < -0.39 is 10.8 Å². The van der Waals surface area contributed by atoms with Gasteiger partial charge in [-0.1, -0.05) is 35.0 Å². The molecule has 0 fully saturated rings. The molecule has 2 aromatic rings. The highest BCUT2D eigenvalue weighted by Gasteiger charge is 2.11. The molecule has 0 aliphatic heterocycles. The molecule has 0 unspecified atom stereocenters. The van der Waals surface area contributed by atoms with Crippen LogP contribution in [-0.4, -0.2) is 21.5 Å². The molecule has 1 aromatic carbocycles. The van der Waals surface area contributed by atoms with Crippen molar-refractivity contribution in [1.82, 2.24) is 10.1 Å². The number of aromatic nitrogens is 2. The third-order valence-corrected chi connectivity index (χ3v) is 3.91. The maximum atomic E-state index is 12.0. The molecule has 1 atom stereocenters. The van der Waals surface area contributed by atoms with Gasteiger partial charge >= 0.3 is 0 Å². The molecule has 102 valence electrons. The van der Waals surface area contributed by atoms with Crippen molar-refractivity contribution in [1.29, 1.82) is 0 Å². The SMILES string of the molecule is COCc1noc(C[S@](=O)Cc2ccccc2Cl)n1. The second-order valence-corrected chi connectivity index (χ2v) is 5.72. The predicted octanol–water partition coefficient (Wildman–Crippen LogP) is 2.32. The first-order chi connectivity index (χ1) is 9.19. The molecule has 5 nitrogen and oxygen atoms in total. The molecule has 0 aliphatic carbocycles. The van der Waals surface area contributed by atoms with Crippen molar-refractivity contribution >= 4 is 22.4 Å². The Morgan fingerprint density at radius 1 is 1.37 bits per heavy atom. The Morgan fingerprint density at radius 2 is 2.16 bits per heavy atom. The fourth-order valence-electron chi connectivity index (χ4n) is 1.51. The highest BCUT2D eigenvalue weighted by molar-refractivity contribution is 7.83. The van der Waals surface area contributed by atoms with Gasteiger partial charge in [-0.3, -0.25) is 4.21 Å². The molecule has 0 aliphatic rings. The van der Waals surface area contributed by atoms with Gasteiger partial charge in [0.05, 0.1) is 5.75 Å². The minimum absolute atomic E-state index is 0.210. The van der Waals surface area contributed by atoms with Gasteiger partial charge in [0.15, 0.2) is 5.82 Å². The number of halogens is 1. The summed E-state index contributed by atoms with van der Waals surface area (Å²) < 4.78 is 21.9. The molecule has 0 N–H and O–H groups in total. The molecule has 2 rings (SSSR count). The predicted molar refractivity (Wildman–Crippen MR) is 72.0 cm³/mol. The van der Waals surface area contributed by atoms with E-state index in [1.54, 1.807) is 13.2 Å². The average Bonchev–Trinajstić information content (AvgIpc) is 2.80. The van der Waals surface area contributed by atoms with Crippen molar-refractivity contribution in [3.05, 3.63) is 46.6 Å². The Kier molecular flexibility index (Phi) is 5.07. The lowest BCUT2D eigenvalue weighted by Crippen LogP contribution is -2.00. The lowest BCUT2D eigenvalue weighted by atomic mass is 10.2. The van der Waals surface area contributed by atoms with Crippen LogP contribution in [0.1, 0.15) is 17.3 Å². The highest BCUT2D eigenvalue weighted by Crippen LogP contribution is 2.17. The Hall–Kier alpha value is -1.24. The van der Waals surface area contributed by atoms with E-state index in [-0.39, 0.29) is 12.4 Å². The summed E-state index contributed by atoms with van der Waals surface area (Å²) in [5.41, 5.74) is 0.846. The number of ether oxygens (including phenoxy) is 1. The van der Waals surface area contributed by atoms with Crippen LogP contribution >= 0.6 is 11.6 Å². The zero-order chi connectivity index (χ0) is 13.7. The molecular weight excluding hydrogens is 288 g/mol. The van der Waals surface area contributed by atoms with Gasteiger partial charge in [0, 0.05) is 22.9 Å². The molecule has 0 amide bonds. The van der Waals surface area contributed by atoms with Crippen molar-refractivity contribution < 1.29 is 13.5 Å². The highest BCUT2D eigenvalue weighted by atomic mass is 35.5. The number of hydrogen-bond acceptors (Lipinski definition) is 5. The summed E-state index contributed by atoms with van der Waals surface area (Å²) in [5.74, 6) is 1.37. The van der Waals surface area contributed by atoms with Gasteiger partial charge in [0.1, 0.15) is 12.4 Å². The van der Waals surface area contributed by atoms with E-state index in [4.69, 9.17) is 20.9 Å². The molecule has 0 saturated heterocycles. The quantitative estimate of drug-likeness (QED) is 0.819. The zero-order valence-electron chi connectivity index (χ0n) is 10.3. The van der Waals surface area contributed by atoms with Gasteiger partial charge in [-0.2, -0.15) is 4.98 Å². The van der Waals surface area contributed by atoms with Crippen LogP contribution in [0.5, 0.6) is 0 Å². The molecular formula is C12H13ClN2O3S. The van der Waals surface area contributed by atoms with Gasteiger partial charge in [-0.15, -0.1) is 0 Å². The fraction of sp³-hybridized carbons (Fsp3) is 0.333. The standard InChI is InChI=1S/C12H13ClN2O3S/c1-17-6-11-14-12(18-15-11)8-19(16)7-9-4-2-3-5-10(9)13/h2-5H,6-8H2,1H3/t19-/m1/s1. The molecule has 19 heavy (non-hydrogen) atoms. The van der Waals surface area contributed by atoms with Gasteiger partial charge in [-0.05, 0) is 11.6 Å². The minimum Gasteiger partial charge on any atom is -0.377 e. The Labute approximate surface area is 118 Å². The lowest BCUT2D eigenvalue weighted by molar-refractivity contribution is 0.174. The molecule has 0 radical (unpaired) electrons. The summed E-state index contributed by atoms with van der Waals surface area (Å²) >= 11 is 6.01. The first-order valence-electron chi connectivity index (χ1n) is 5.58. The van der Waals surface area contributed by atoms with E-state index in [1.165, 1.54) is 0 Å². The number of hydrogen-bond donors (Lipinski definition) is 0. The number of methoxy groups -OCH3 is 1. The van der Waals surface area contributed by atoms with Crippen molar-refractivity contribution in [2.75, 3.05) is 7.11 Å². The second kappa shape index (κ2) is 6.79. The van der Waals surface area contributed by atoms with Crippen LogP contribution in [0.25, 0.3) is 0 Å². The smallest absolute Gasteiger partial charge is 0.239 e. The number of rotatable bonds is 6. The third-order valence-electron chi connectivity index (χ3n) is 2.34. The average molecular weight is 301 g/mol.